The fraction of sp³-hybridized carbons (Fsp3) is 1.00. The topological polar surface area (TPSA) is 41.5 Å². The van der Waals surface area contributed by atoms with Crippen LogP contribution in [0.4, 0.5) is 0 Å². The number of hydrogen-bond acceptors (Lipinski definition) is 3. The van der Waals surface area contributed by atoms with Gasteiger partial charge in [-0.3, -0.25) is 0 Å². The Morgan fingerprint density at radius 3 is 3.09 bits per heavy atom. The highest BCUT2D eigenvalue weighted by Crippen LogP contribution is 2.25. The van der Waals surface area contributed by atoms with E-state index in [9.17, 15) is 5.11 Å². The lowest BCUT2D eigenvalue weighted by Gasteiger charge is -2.38. The summed E-state index contributed by atoms with van der Waals surface area (Å²) in [5.74, 6) is 0.345. The number of aliphatic hydroxyl groups excluding tert-OH is 1. The fourth-order valence-electron chi connectivity index (χ4n) is 2.00. The first-order chi connectivity index (χ1) is 5.38. The Morgan fingerprint density at radius 1 is 1.36 bits per heavy atom. The Bertz CT molecular complexity index is 138. The van der Waals surface area contributed by atoms with Gasteiger partial charge in [0.15, 0.2) is 0 Å². The molecule has 0 aliphatic carbocycles. The Hall–Kier alpha value is -0.120. The van der Waals surface area contributed by atoms with E-state index in [4.69, 9.17) is 4.74 Å². The summed E-state index contributed by atoms with van der Waals surface area (Å²) >= 11 is 0. The van der Waals surface area contributed by atoms with E-state index in [0.29, 0.717) is 12.0 Å². The number of rotatable bonds is 0. The van der Waals surface area contributed by atoms with Gasteiger partial charge in [-0.2, -0.15) is 0 Å². The van der Waals surface area contributed by atoms with Crippen LogP contribution in [0.2, 0.25) is 0 Å². The second kappa shape index (κ2) is 3.09. The van der Waals surface area contributed by atoms with E-state index in [2.05, 4.69) is 5.32 Å². The van der Waals surface area contributed by atoms with Gasteiger partial charge in [-0.15, -0.1) is 0 Å². The zero-order valence-corrected chi connectivity index (χ0v) is 6.62. The SMILES string of the molecule is OC1CCOC2CCNCC12. The molecule has 2 saturated heterocycles. The zero-order valence-electron chi connectivity index (χ0n) is 6.62. The van der Waals surface area contributed by atoms with Gasteiger partial charge in [0, 0.05) is 19.1 Å². The average Bonchev–Trinajstić information content (AvgIpc) is 2.06. The fourth-order valence-corrected chi connectivity index (χ4v) is 2.00. The molecule has 2 aliphatic rings. The maximum Gasteiger partial charge on any atom is 0.0652 e. The van der Waals surface area contributed by atoms with Crippen molar-refractivity contribution in [1.82, 2.24) is 5.32 Å². The highest BCUT2D eigenvalue weighted by atomic mass is 16.5. The molecule has 3 unspecified atom stereocenters. The van der Waals surface area contributed by atoms with Gasteiger partial charge in [0.25, 0.3) is 0 Å². The van der Waals surface area contributed by atoms with E-state index in [1.54, 1.807) is 0 Å². The first-order valence-corrected chi connectivity index (χ1v) is 4.38. The van der Waals surface area contributed by atoms with Crippen LogP contribution in [0.25, 0.3) is 0 Å². The lowest BCUT2D eigenvalue weighted by atomic mass is 9.87. The van der Waals surface area contributed by atoms with Crippen molar-refractivity contribution in [2.75, 3.05) is 19.7 Å². The molecule has 0 aromatic carbocycles. The van der Waals surface area contributed by atoms with Crippen molar-refractivity contribution < 1.29 is 9.84 Å². The van der Waals surface area contributed by atoms with Gasteiger partial charge >= 0.3 is 0 Å². The van der Waals surface area contributed by atoms with Crippen LogP contribution in [-0.2, 0) is 4.74 Å². The summed E-state index contributed by atoms with van der Waals surface area (Å²) in [6, 6.07) is 0. The molecule has 2 N–H and O–H groups in total. The van der Waals surface area contributed by atoms with Crippen molar-refractivity contribution >= 4 is 0 Å². The Balaban J connectivity index is 1.99. The van der Waals surface area contributed by atoms with E-state index in [1.165, 1.54) is 0 Å². The first-order valence-electron chi connectivity index (χ1n) is 4.38. The van der Waals surface area contributed by atoms with E-state index in [-0.39, 0.29) is 6.10 Å². The Morgan fingerprint density at radius 2 is 2.27 bits per heavy atom. The largest absolute Gasteiger partial charge is 0.393 e. The van der Waals surface area contributed by atoms with Crippen molar-refractivity contribution in [3.63, 3.8) is 0 Å². The van der Waals surface area contributed by atoms with Gasteiger partial charge in [-0.05, 0) is 19.4 Å². The number of hydrogen-bond donors (Lipinski definition) is 2. The molecule has 2 heterocycles. The van der Waals surface area contributed by atoms with E-state index in [0.717, 1.165) is 32.5 Å². The first kappa shape index (κ1) is 7.53. The quantitative estimate of drug-likeness (QED) is 0.509. The van der Waals surface area contributed by atoms with Crippen LogP contribution in [-0.4, -0.2) is 37.0 Å². The molecule has 3 heteroatoms. The molecule has 11 heavy (non-hydrogen) atoms. The third kappa shape index (κ3) is 1.41. The minimum absolute atomic E-state index is 0.137. The third-order valence-electron chi connectivity index (χ3n) is 2.70. The lowest BCUT2D eigenvalue weighted by Crippen LogP contribution is -2.50. The average molecular weight is 157 g/mol. The number of aliphatic hydroxyl groups is 1. The van der Waals surface area contributed by atoms with Crippen LogP contribution in [0, 0.1) is 5.92 Å². The summed E-state index contributed by atoms with van der Waals surface area (Å²) in [6.45, 7) is 2.70. The van der Waals surface area contributed by atoms with E-state index >= 15 is 0 Å². The predicted molar refractivity (Wildman–Crippen MR) is 41.3 cm³/mol. The van der Waals surface area contributed by atoms with Crippen molar-refractivity contribution in [3.05, 3.63) is 0 Å². The third-order valence-corrected chi connectivity index (χ3v) is 2.70. The van der Waals surface area contributed by atoms with Crippen molar-refractivity contribution in [1.29, 1.82) is 0 Å². The summed E-state index contributed by atoms with van der Waals surface area (Å²) in [7, 11) is 0. The number of nitrogens with one attached hydrogen (secondary N) is 1. The van der Waals surface area contributed by atoms with Gasteiger partial charge in [0.2, 0.25) is 0 Å². The zero-order chi connectivity index (χ0) is 7.68. The van der Waals surface area contributed by atoms with Crippen molar-refractivity contribution in [3.8, 4) is 0 Å². The molecule has 0 bridgehead atoms. The number of piperidine rings is 1. The summed E-state index contributed by atoms with van der Waals surface area (Å²) < 4.78 is 5.55. The van der Waals surface area contributed by atoms with Gasteiger partial charge in [0.1, 0.15) is 0 Å². The highest BCUT2D eigenvalue weighted by Gasteiger charge is 2.34. The maximum atomic E-state index is 9.58. The molecule has 64 valence electrons. The molecule has 0 saturated carbocycles. The molecule has 0 amide bonds. The monoisotopic (exact) mass is 157 g/mol. The molecule has 2 rings (SSSR count). The second-order valence-electron chi connectivity index (χ2n) is 3.42. The smallest absolute Gasteiger partial charge is 0.0652 e. The summed E-state index contributed by atoms with van der Waals surface area (Å²) in [6.07, 6.45) is 2.05. The molecular weight excluding hydrogens is 142 g/mol. The Labute approximate surface area is 66.7 Å². The molecule has 3 atom stereocenters. The molecule has 0 radical (unpaired) electrons. The van der Waals surface area contributed by atoms with E-state index in [1.807, 2.05) is 0 Å². The normalized spacial score (nSPS) is 45.0. The van der Waals surface area contributed by atoms with Gasteiger partial charge in [0.05, 0.1) is 12.2 Å². The molecular formula is C8H15NO2. The van der Waals surface area contributed by atoms with Crippen LogP contribution in [0.5, 0.6) is 0 Å². The van der Waals surface area contributed by atoms with Crippen LogP contribution in [0.3, 0.4) is 0 Å². The minimum atomic E-state index is -0.137. The predicted octanol–water partition coefficient (Wildman–Crippen LogP) is -0.254. The molecule has 0 aromatic heterocycles. The van der Waals surface area contributed by atoms with Crippen LogP contribution in [0.1, 0.15) is 12.8 Å². The van der Waals surface area contributed by atoms with Crippen LogP contribution in [0.15, 0.2) is 0 Å². The summed E-state index contributed by atoms with van der Waals surface area (Å²) in [5, 5.41) is 12.9. The molecule has 0 aromatic rings. The molecule has 2 aliphatic heterocycles. The minimum Gasteiger partial charge on any atom is -0.393 e. The maximum absolute atomic E-state index is 9.58. The van der Waals surface area contributed by atoms with Gasteiger partial charge in [-0.25, -0.2) is 0 Å². The lowest BCUT2D eigenvalue weighted by molar-refractivity contribution is -0.102. The van der Waals surface area contributed by atoms with Crippen LogP contribution >= 0.6 is 0 Å². The van der Waals surface area contributed by atoms with Crippen molar-refractivity contribution in [2.45, 2.75) is 25.0 Å². The summed E-state index contributed by atoms with van der Waals surface area (Å²) in [4.78, 5) is 0. The molecule has 0 spiro atoms. The summed E-state index contributed by atoms with van der Waals surface area (Å²) in [5.41, 5.74) is 0. The second-order valence-corrected chi connectivity index (χ2v) is 3.42. The molecule has 3 nitrogen and oxygen atoms in total. The van der Waals surface area contributed by atoms with E-state index < -0.39 is 0 Å². The number of ether oxygens (including phenoxy) is 1. The standard InChI is InChI=1S/C8H15NO2/c10-7-2-4-11-8-1-3-9-5-6(7)8/h6-10H,1-5H2. The highest BCUT2D eigenvalue weighted by molar-refractivity contribution is 4.86. The number of fused-ring (bicyclic) bond motifs is 1. The van der Waals surface area contributed by atoms with Gasteiger partial charge < -0.3 is 15.2 Å². The van der Waals surface area contributed by atoms with Gasteiger partial charge in [-0.1, -0.05) is 0 Å². The van der Waals surface area contributed by atoms with Crippen LogP contribution < -0.4 is 5.32 Å². The molecule has 2 fully saturated rings. The van der Waals surface area contributed by atoms with Crippen molar-refractivity contribution in [2.24, 2.45) is 5.92 Å². The Kier molecular flexibility index (Phi) is 2.11.